The second-order valence-corrected chi connectivity index (χ2v) is 15.7. The minimum atomic E-state index is -0.871. The number of benzene rings is 1. The van der Waals surface area contributed by atoms with Gasteiger partial charge in [-0.15, -0.1) is 0 Å². The molecular formula is C40H46N10O5. The molecule has 1 aliphatic carbocycles. The first-order valence-electron chi connectivity index (χ1n) is 19.1. The lowest BCUT2D eigenvalue weighted by Crippen LogP contribution is -2.55. The Kier molecular flexibility index (Phi) is 9.26. The number of fused-ring (bicyclic) bond motifs is 2. The highest BCUT2D eigenvalue weighted by molar-refractivity contribution is 6.14. The molecule has 15 nitrogen and oxygen atoms in total. The monoisotopic (exact) mass is 746 g/mol. The van der Waals surface area contributed by atoms with Gasteiger partial charge in [-0.2, -0.15) is 4.98 Å². The minimum Gasteiger partial charge on any atom is -0.368 e. The van der Waals surface area contributed by atoms with Gasteiger partial charge in [0.2, 0.25) is 29.6 Å². The van der Waals surface area contributed by atoms with Crippen LogP contribution in [0.5, 0.6) is 0 Å². The minimum absolute atomic E-state index is 0.00419. The Morgan fingerprint density at radius 3 is 2.38 bits per heavy atom. The summed E-state index contributed by atoms with van der Waals surface area (Å²) in [5.74, 6) is -0.0673. The Bertz CT molecular complexity index is 2200. The third-order valence-electron chi connectivity index (χ3n) is 11.5. The van der Waals surface area contributed by atoms with Crippen molar-refractivity contribution in [2.75, 3.05) is 55.4 Å². The molecule has 1 saturated carbocycles. The molecule has 0 spiro atoms. The van der Waals surface area contributed by atoms with Gasteiger partial charge in [-0.05, 0) is 62.9 Å². The molecule has 6 heterocycles. The molecule has 1 aromatic carbocycles. The summed E-state index contributed by atoms with van der Waals surface area (Å²) in [7, 11) is 3.51. The Morgan fingerprint density at radius 1 is 0.945 bits per heavy atom. The van der Waals surface area contributed by atoms with Crippen LogP contribution in [-0.4, -0.2) is 105 Å². The Hall–Kier alpha value is -5.86. The number of piperazine rings is 1. The topological polar surface area (TPSA) is 166 Å². The van der Waals surface area contributed by atoms with Gasteiger partial charge in [-0.1, -0.05) is 25.0 Å². The number of anilines is 4. The van der Waals surface area contributed by atoms with E-state index in [1.54, 1.807) is 36.3 Å². The molecule has 0 bridgehead atoms. The predicted octanol–water partition coefficient (Wildman–Crippen LogP) is 3.71. The predicted molar refractivity (Wildman–Crippen MR) is 206 cm³/mol. The maximum absolute atomic E-state index is 13.8. The summed E-state index contributed by atoms with van der Waals surface area (Å²) in [5, 5.41) is 6.39. The Morgan fingerprint density at radius 2 is 1.69 bits per heavy atom. The van der Waals surface area contributed by atoms with Gasteiger partial charge in [0.15, 0.2) is 0 Å². The third-order valence-corrected chi connectivity index (χ3v) is 11.5. The van der Waals surface area contributed by atoms with Gasteiger partial charge in [-0.25, -0.2) is 9.97 Å². The number of amides is 5. The number of nitrogens with zero attached hydrogens (tertiary/aromatic N) is 8. The van der Waals surface area contributed by atoms with E-state index in [4.69, 9.17) is 4.98 Å². The van der Waals surface area contributed by atoms with E-state index in [0.717, 1.165) is 53.5 Å². The molecule has 2 N–H and O–H groups in total. The lowest BCUT2D eigenvalue weighted by molar-refractivity contribution is -0.136. The van der Waals surface area contributed by atoms with Crippen molar-refractivity contribution in [1.82, 2.24) is 34.6 Å². The standard InChI is InChI=1S/C40H46N10O5/c1-40(2)34-27(10-7-11-28(34)50(38(40)55)29-13-15-32(51)44-36(29)53)47-16-18-48(19-17-47)33(52)20-24-12-14-31(41-22-24)43-39-42-23-25-21-30(37(54)46(3)4)49(35(25)45-39)26-8-5-6-9-26/h7,10-12,14,21-23,26,29H,5-6,8-9,13,15-20H2,1-4H3,(H,44,51,53)(H,41,42,43,45)/t29-/m1/s1. The number of hydrogen-bond donors (Lipinski definition) is 2. The summed E-state index contributed by atoms with van der Waals surface area (Å²) in [4.78, 5) is 86.0. The van der Waals surface area contributed by atoms with Crippen molar-refractivity contribution in [3.05, 3.63) is 65.6 Å². The average molecular weight is 747 g/mol. The van der Waals surface area contributed by atoms with E-state index in [1.807, 2.05) is 55.1 Å². The van der Waals surface area contributed by atoms with Crippen molar-refractivity contribution < 1.29 is 24.0 Å². The van der Waals surface area contributed by atoms with Gasteiger partial charge < -0.3 is 24.6 Å². The van der Waals surface area contributed by atoms with Crippen LogP contribution in [-0.2, 0) is 31.0 Å². The van der Waals surface area contributed by atoms with Gasteiger partial charge in [-0.3, -0.25) is 34.2 Å². The highest BCUT2D eigenvalue weighted by Crippen LogP contribution is 2.48. The van der Waals surface area contributed by atoms with Crippen LogP contribution in [0.4, 0.5) is 23.1 Å². The Balaban J connectivity index is 0.913. The van der Waals surface area contributed by atoms with E-state index in [9.17, 15) is 24.0 Å². The molecule has 0 unspecified atom stereocenters. The van der Waals surface area contributed by atoms with E-state index in [0.29, 0.717) is 49.3 Å². The molecule has 55 heavy (non-hydrogen) atoms. The normalized spacial score (nSPS) is 19.9. The number of carbonyl (C=O) groups is 5. The van der Waals surface area contributed by atoms with E-state index >= 15 is 0 Å². The van der Waals surface area contributed by atoms with Crippen LogP contribution in [0.15, 0.2) is 48.8 Å². The first-order valence-corrected chi connectivity index (χ1v) is 19.1. The summed E-state index contributed by atoms with van der Waals surface area (Å²) in [5.41, 5.74) is 3.73. The second-order valence-electron chi connectivity index (χ2n) is 15.7. The number of pyridine rings is 1. The molecular weight excluding hydrogens is 701 g/mol. The quantitative estimate of drug-likeness (QED) is 0.254. The fourth-order valence-corrected chi connectivity index (χ4v) is 8.58. The molecule has 3 fully saturated rings. The van der Waals surface area contributed by atoms with E-state index in [2.05, 4.69) is 30.1 Å². The summed E-state index contributed by atoms with van der Waals surface area (Å²) < 4.78 is 2.07. The highest BCUT2D eigenvalue weighted by Gasteiger charge is 2.50. The zero-order chi connectivity index (χ0) is 38.6. The Labute approximate surface area is 319 Å². The van der Waals surface area contributed by atoms with Gasteiger partial charge in [0, 0.05) is 81.8 Å². The van der Waals surface area contributed by atoms with Crippen molar-refractivity contribution in [2.24, 2.45) is 0 Å². The van der Waals surface area contributed by atoms with E-state index < -0.39 is 17.4 Å². The lowest BCUT2D eigenvalue weighted by atomic mass is 9.84. The van der Waals surface area contributed by atoms with Gasteiger partial charge >= 0.3 is 0 Å². The van der Waals surface area contributed by atoms with E-state index in [-0.39, 0.29) is 48.9 Å². The zero-order valence-corrected chi connectivity index (χ0v) is 31.7. The van der Waals surface area contributed by atoms with Crippen LogP contribution in [0.25, 0.3) is 11.0 Å². The maximum atomic E-state index is 13.8. The van der Waals surface area contributed by atoms with Gasteiger partial charge in [0.1, 0.15) is 23.2 Å². The SMILES string of the molecule is CN(C)C(=O)c1cc2cnc(Nc3ccc(CC(=O)N4CCN(c5cccc6c5C(C)(C)C(=O)N6[C@@H]5CCC(=O)NC5=O)CC4)cn3)nc2n1C1CCCC1. The fraction of sp³-hybridized carbons (Fsp3) is 0.450. The third kappa shape index (κ3) is 6.54. The molecule has 3 aromatic heterocycles. The van der Waals surface area contributed by atoms with Crippen molar-refractivity contribution in [1.29, 1.82) is 0 Å². The maximum Gasteiger partial charge on any atom is 0.270 e. The summed E-state index contributed by atoms with van der Waals surface area (Å²) in [6, 6.07) is 10.8. The molecule has 0 radical (unpaired) electrons. The first kappa shape index (κ1) is 36.1. The molecule has 8 rings (SSSR count). The average Bonchev–Trinajstić information content (AvgIpc) is 3.88. The van der Waals surface area contributed by atoms with Crippen molar-refractivity contribution >= 4 is 63.7 Å². The number of aromatic nitrogens is 4. The molecule has 3 aliphatic heterocycles. The molecule has 4 aromatic rings. The highest BCUT2D eigenvalue weighted by atomic mass is 16.2. The number of nitrogens with one attached hydrogen (secondary N) is 2. The molecule has 286 valence electrons. The molecule has 5 amide bonds. The second kappa shape index (κ2) is 14.1. The summed E-state index contributed by atoms with van der Waals surface area (Å²) in [6.45, 7) is 5.97. The number of carbonyl (C=O) groups excluding carboxylic acids is 5. The van der Waals surface area contributed by atoms with Gasteiger partial charge in [0.05, 0.1) is 17.5 Å². The lowest BCUT2D eigenvalue weighted by Gasteiger charge is -2.38. The van der Waals surface area contributed by atoms with Crippen molar-refractivity contribution in [2.45, 2.75) is 76.3 Å². The molecule has 2 saturated heterocycles. The fourth-order valence-electron chi connectivity index (χ4n) is 8.58. The van der Waals surface area contributed by atoms with Crippen molar-refractivity contribution in [3.8, 4) is 0 Å². The van der Waals surface area contributed by atoms with E-state index in [1.165, 1.54) is 0 Å². The largest absolute Gasteiger partial charge is 0.368 e. The molecule has 1 atom stereocenters. The van der Waals surface area contributed by atoms with Crippen LogP contribution in [0.1, 0.15) is 80.0 Å². The van der Waals surface area contributed by atoms with Crippen LogP contribution >= 0.6 is 0 Å². The number of piperidine rings is 1. The zero-order valence-electron chi connectivity index (χ0n) is 31.7. The number of imide groups is 1. The summed E-state index contributed by atoms with van der Waals surface area (Å²) in [6.07, 6.45) is 8.35. The number of hydrogen-bond acceptors (Lipinski definition) is 10. The number of rotatable bonds is 8. The molecule has 15 heteroatoms. The molecule has 4 aliphatic rings. The van der Waals surface area contributed by atoms with Gasteiger partial charge in [0.25, 0.3) is 5.91 Å². The van der Waals surface area contributed by atoms with Crippen LogP contribution in [0.3, 0.4) is 0 Å². The van der Waals surface area contributed by atoms with Crippen LogP contribution in [0, 0.1) is 0 Å². The first-order chi connectivity index (χ1) is 26.4. The van der Waals surface area contributed by atoms with Crippen LogP contribution in [0.2, 0.25) is 0 Å². The van der Waals surface area contributed by atoms with Crippen LogP contribution < -0.4 is 20.4 Å². The van der Waals surface area contributed by atoms with Crippen molar-refractivity contribution in [3.63, 3.8) is 0 Å². The summed E-state index contributed by atoms with van der Waals surface area (Å²) >= 11 is 0. The smallest absolute Gasteiger partial charge is 0.270 e.